The summed E-state index contributed by atoms with van der Waals surface area (Å²) >= 11 is 11.4. The second-order valence-corrected chi connectivity index (χ2v) is 5.73. The predicted molar refractivity (Wildman–Crippen MR) is 72.0 cm³/mol. The molecule has 0 unspecified atom stereocenters. The first-order valence-corrected chi connectivity index (χ1v) is 6.51. The molecule has 0 aliphatic heterocycles. The van der Waals surface area contributed by atoms with E-state index in [1.165, 1.54) is 20.2 Å². The summed E-state index contributed by atoms with van der Waals surface area (Å²) in [5.74, 6) is 0. The largest absolute Gasteiger partial charge is 0.135 e. The maximum absolute atomic E-state index is 6.03. The van der Waals surface area contributed by atoms with Gasteiger partial charge in [-0.15, -0.1) is 11.3 Å². The molecule has 3 aromatic rings. The molecular weight excluding hydrogens is 292 g/mol. The quantitative estimate of drug-likeness (QED) is 0.516. The first-order valence-electron chi connectivity index (χ1n) is 4.52. The Hall–Kier alpha value is -0.570. The van der Waals surface area contributed by atoms with Crippen molar-refractivity contribution >= 4 is 59.0 Å². The minimum atomic E-state index is 0.779. The van der Waals surface area contributed by atoms with Crippen molar-refractivity contribution in [2.24, 2.45) is 0 Å². The summed E-state index contributed by atoms with van der Waals surface area (Å²) < 4.78 is 3.61. The number of fused-ring (bicyclic) bond motifs is 3. The number of hydrogen-bond donors (Lipinski definition) is 0. The molecule has 0 radical (unpaired) electrons. The number of thiophene rings is 1. The van der Waals surface area contributed by atoms with E-state index in [4.69, 9.17) is 11.6 Å². The Morgan fingerprint density at radius 2 is 1.87 bits per heavy atom. The Labute approximate surface area is 105 Å². The Morgan fingerprint density at radius 3 is 2.73 bits per heavy atom. The summed E-state index contributed by atoms with van der Waals surface area (Å²) in [6.07, 6.45) is 0. The van der Waals surface area contributed by atoms with Gasteiger partial charge in [-0.05, 0) is 18.2 Å². The van der Waals surface area contributed by atoms with Gasteiger partial charge in [0.2, 0.25) is 0 Å². The highest BCUT2D eigenvalue weighted by Gasteiger charge is 2.08. The standard InChI is InChI=1S/C12H6BrClS/c13-9-5-7(14)6-11-12(9)8-3-1-2-4-10(8)15-11/h1-6H. The van der Waals surface area contributed by atoms with Crippen molar-refractivity contribution < 1.29 is 0 Å². The van der Waals surface area contributed by atoms with Crippen molar-refractivity contribution in [2.75, 3.05) is 0 Å². The van der Waals surface area contributed by atoms with Crippen LogP contribution in [0.15, 0.2) is 40.9 Å². The fraction of sp³-hybridized carbons (Fsp3) is 0. The summed E-state index contributed by atoms with van der Waals surface area (Å²) in [7, 11) is 0. The number of rotatable bonds is 0. The molecule has 0 aliphatic carbocycles. The second kappa shape index (κ2) is 3.48. The Kier molecular flexibility index (Phi) is 2.23. The molecular formula is C12H6BrClS. The Bertz CT molecular complexity index is 657. The van der Waals surface area contributed by atoms with E-state index in [1.807, 2.05) is 12.1 Å². The molecule has 1 heterocycles. The normalized spacial score (nSPS) is 11.3. The van der Waals surface area contributed by atoms with E-state index >= 15 is 0 Å². The minimum Gasteiger partial charge on any atom is -0.135 e. The lowest BCUT2D eigenvalue weighted by Crippen LogP contribution is -1.70. The van der Waals surface area contributed by atoms with Crippen molar-refractivity contribution in [1.29, 1.82) is 0 Å². The van der Waals surface area contributed by atoms with Crippen molar-refractivity contribution in [2.45, 2.75) is 0 Å². The second-order valence-electron chi connectivity index (χ2n) is 3.36. The third kappa shape index (κ3) is 1.48. The van der Waals surface area contributed by atoms with E-state index in [9.17, 15) is 0 Å². The molecule has 3 rings (SSSR count). The van der Waals surface area contributed by atoms with Crippen LogP contribution in [0.5, 0.6) is 0 Å². The van der Waals surface area contributed by atoms with Gasteiger partial charge >= 0.3 is 0 Å². The van der Waals surface area contributed by atoms with Crippen LogP contribution in [0, 0.1) is 0 Å². The zero-order chi connectivity index (χ0) is 10.4. The smallest absolute Gasteiger partial charge is 0.0431 e. The Balaban J connectivity index is 2.61. The summed E-state index contributed by atoms with van der Waals surface area (Å²) in [5, 5.41) is 3.34. The van der Waals surface area contributed by atoms with Crippen LogP contribution in [0.1, 0.15) is 0 Å². The highest BCUT2D eigenvalue weighted by Crippen LogP contribution is 2.39. The molecule has 0 nitrogen and oxygen atoms in total. The van der Waals surface area contributed by atoms with Crippen LogP contribution < -0.4 is 0 Å². The van der Waals surface area contributed by atoms with E-state index in [2.05, 4.69) is 40.2 Å². The maximum Gasteiger partial charge on any atom is 0.0431 e. The molecule has 0 amide bonds. The third-order valence-corrected chi connectivity index (χ3v) is 4.36. The lowest BCUT2D eigenvalue weighted by atomic mass is 10.1. The van der Waals surface area contributed by atoms with Crippen molar-refractivity contribution in [3.05, 3.63) is 45.9 Å². The van der Waals surface area contributed by atoms with Crippen LogP contribution in [0.3, 0.4) is 0 Å². The maximum atomic E-state index is 6.03. The van der Waals surface area contributed by atoms with E-state index in [0.717, 1.165) is 9.50 Å². The molecule has 0 aliphatic rings. The topological polar surface area (TPSA) is 0 Å². The minimum absolute atomic E-state index is 0.779. The molecule has 0 saturated carbocycles. The van der Waals surface area contributed by atoms with Gasteiger partial charge in [-0.1, -0.05) is 45.7 Å². The fourth-order valence-electron chi connectivity index (χ4n) is 1.77. The predicted octanol–water partition coefficient (Wildman–Crippen LogP) is 5.47. The third-order valence-electron chi connectivity index (χ3n) is 2.40. The first-order chi connectivity index (χ1) is 7.25. The average molecular weight is 298 g/mol. The monoisotopic (exact) mass is 296 g/mol. The zero-order valence-electron chi connectivity index (χ0n) is 7.63. The number of hydrogen-bond acceptors (Lipinski definition) is 1. The van der Waals surface area contributed by atoms with Crippen LogP contribution in [0.4, 0.5) is 0 Å². The molecule has 74 valence electrons. The van der Waals surface area contributed by atoms with E-state index < -0.39 is 0 Å². The molecule has 0 bridgehead atoms. The summed E-state index contributed by atoms with van der Waals surface area (Å²) in [6, 6.07) is 12.4. The van der Waals surface area contributed by atoms with Gasteiger partial charge in [0, 0.05) is 29.7 Å². The highest BCUT2D eigenvalue weighted by atomic mass is 79.9. The summed E-state index contributed by atoms with van der Waals surface area (Å²) in [4.78, 5) is 0. The van der Waals surface area contributed by atoms with Crippen LogP contribution in [0.25, 0.3) is 20.2 Å². The zero-order valence-corrected chi connectivity index (χ0v) is 10.8. The van der Waals surface area contributed by atoms with E-state index in [0.29, 0.717) is 0 Å². The highest BCUT2D eigenvalue weighted by molar-refractivity contribution is 9.10. The van der Waals surface area contributed by atoms with Gasteiger partial charge in [0.15, 0.2) is 0 Å². The lowest BCUT2D eigenvalue weighted by molar-refractivity contribution is 1.78. The summed E-state index contributed by atoms with van der Waals surface area (Å²) in [6.45, 7) is 0. The van der Waals surface area contributed by atoms with Crippen LogP contribution in [-0.4, -0.2) is 0 Å². The molecule has 3 heteroatoms. The van der Waals surface area contributed by atoms with Crippen LogP contribution >= 0.6 is 38.9 Å². The van der Waals surface area contributed by atoms with Gasteiger partial charge in [-0.3, -0.25) is 0 Å². The fourth-order valence-corrected chi connectivity index (χ4v) is 4.16. The van der Waals surface area contributed by atoms with Gasteiger partial charge < -0.3 is 0 Å². The van der Waals surface area contributed by atoms with Crippen molar-refractivity contribution in [3.63, 3.8) is 0 Å². The van der Waals surface area contributed by atoms with Crippen molar-refractivity contribution in [1.82, 2.24) is 0 Å². The lowest BCUT2D eigenvalue weighted by Gasteiger charge is -1.96. The van der Waals surface area contributed by atoms with Crippen LogP contribution in [0.2, 0.25) is 5.02 Å². The Morgan fingerprint density at radius 1 is 1.07 bits per heavy atom. The molecule has 15 heavy (non-hydrogen) atoms. The van der Waals surface area contributed by atoms with Gasteiger partial charge in [-0.2, -0.15) is 0 Å². The molecule has 2 aromatic carbocycles. The van der Waals surface area contributed by atoms with E-state index in [1.54, 1.807) is 11.3 Å². The molecule has 1 aromatic heterocycles. The molecule has 0 spiro atoms. The molecule has 0 N–H and O–H groups in total. The average Bonchev–Trinajstić information content (AvgIpc) is 2.54. The van der Waals surface area contributed by atoms with E-state index in [-0.39, 0.29) is 0 Å². The molecule has 0 atom stereocenters. The summed E-state index contributed by atoms with van der Waals surface area (Å²) in [5.41, 5.74) is 0. The number of benzene rings is 2. The molecule has 0 saturated heterocycles. The first kappa shape index (κ1) is 9.64. The SMILES string of the molecule is Clc1cc(Br)c2c(c1)sc1ccccc12. The van der Waals surface area contributed by atoms with Crippen LogP contribution in [-0.2, 0) is 0 Å². The van der Waals surface area contributed by atoms with Gasteiger partial charge in [0.05, 0.1) is 0 Å². The number of halogens is 2. The van der Waals surface area contributed by atoms with Gasteiger partial charge in [0.1, 0.15) is 0 Å². The van der Waals surface area contributed by atoms with Crippen molar-refractivity contribution in [3.8, 4) is 0 Å². The molecule has 0 fully saturated rings. The van der Waals surface area contributed by atoms with Gasteiger partial charge in [0.25, 0.3) is 0 Å². The van der Waals surface area contributed by atoms with Gasteiger partial charge in [-0.25, -0.2) is 0 Å².